The molecule has 2 aliphatic rings. The summed E-state index contributed by atoms with van der Waals surface area (Å²) in [5, 5.41) is 26.5. The van der Waals surface area contributed by atoms with E-state index >= 15 is 0 Å². The van der Waals surface area contributed by atoms with Crippen LogP contribution in [0, 0.1) is 0 Å². The van der Waals surface area contributed by atoms with Crippen LogP contribution in [0.2, 0.25) is 0 Å². The van der Waals surface area contributed by atoms with Crippen molar-refractivity contribution in [3.63, 3.8) is 0 Å². The number of carboxylic acids is 1. The fourth-order valence-corrected chi connectivity index (χ4v) is 6.24. The number of hydrogen-bond acceptors (Lipinski definition) is 10. The Morgan fingerprint density at radius 2 is 1.56 bits per heavy atom. The van der Waals surface area contributed by atoms with Gasteiger partial charge < -0.3 is 26.1 Å². The Morgan fingerprint density at radius 1 is 1.00 bits per heavy atom. The maximum Gasteiger partial charge on any atom is 0.352 e. The molecule has 4 aromatic rings. The third-order valence-electron chi connectivity index (χ3n) is 7.90. The van der Waals surface area contributed by atoms with Crippen molar-refractivity contribution in [3.8, 4) is 0 Å². The minimum Gasteiger partial charge on any atom is -0.477 e. The number of hydrogen-bond donors (Lipinski definition) is 4. The number of anilines is 1. The summed E-state index contributed by atoms with van der Waals surface area (Å²) in [5.74, 6) is -2.84. The first kappa shape index (κ1) is 29.7. The molecule has 1 unspecified atom stereocenters. The summed E-state index contributed by atoms with van der Waals surface area (Å²) >= 11 is 0.866. The first-order chi connectivity index (χ1) is 21.8. The van der Waals surface area contributed by atoms with Crippen LogP contribution < -0.4 is 11.1 Å². The number of carbonyl (C=O) groups is 3. The van der Waals surface area contributed by atoms with Gasteiger partial charge in [0.2, 0.25) is 17.1 Å². The Hall–Kier alpha value is -5.40. The van der Waals surface area contributed by atoms with Crippen molar-refractivity contribution < 1.29 is 29.4 Å². The lowest BCUT2D eigenvalue weighted by atomic mass is 9.80. The number of fused-ring (bicyclic) bond motifs is 1. The Morgan fingerprint density at radius 3 is 2.02 bits per heavy atom. The zero-order chi connectivity index (χ0) is 31.6. The lowest BCUT2D eigenvalue weighted by Crippen LogP contribution is -2.72. The number of nitrogens with zero attached hydrogens (tertiary/aromatic N) is 4. The molecule has 12 nitrogen and oxygen atoms in total. The molecule has 0 spiro atoms. The van der Waals surface area contributed by atoms with Crippen molar-refractivity contribution in [1.29, 1.82) is 0 Å². The molecule has 3 aromatic carbocycles. The third-order valence-corrected chi connectivity index (χ3v) is 8.44. The van der Waals surface area contributed by atoms with Gasteiger partial charge in [-0.15, -0.1) is 0 Å². The summed E-state index contributed by atoms with van der Waals surface area (Å²) in [5.41, 5.74) is 6.43. The number of aliphatic hydroxyl groups excluding tert-OH is 1. The Bertz CT molecular complexity index is 1700. The van der Waals surface area contributed by atoms with Gasteiger partial charge in [-0.25, -0.2) is 4.79 Å². The minimum absolute atomic E-state index is 0.0943. The monoisotopic (exact) mass is 624 g/mol. The van der Waals surface area contributed by atoms with Crippen LogP contribution in [0.1, 0.15) is 35.4 Å². The number of carbonyl (C=O) groups excluding carboxylic acids is 2. The van der Waals surface area contributed by atoms with Crippen LogP contribution in [-0.4, -0.2) is 66.7 Å². The molecule has 0 bridgehead atoms. The predicted molar refractivity (Wildman–Crippen MR) is 165 cm³/mol. The molecule has 45 heavy (non-hydrogen) atoms. The van der Waals surface area contributed by atoms with Crippen molar-refractivity contribution >= 4 is 40.2 Å². The van der Waals surface area contributed by atoms with Crippen LogP contribution in [0.5, 0.6) is 0 Å². The van der Waals surface area contributed by atoms with E-state index in [0.717, 1.165) is 33.1 Å². The average Bonchev–Trinajstić information content (AvgIpc) is 3.51. The molecule has 1 fully saturated rings. The molecule has 1 saturated heterocycles. The lowest BCUT2D eigenvalue weighted by Gasteiger charge is -2.50. The largest absolute Gasteiger partial charge is 0.477 e. The first-order valence-corrected chi connectivity index (χ1v) is 14.8. The smallest absolute Gasteiger partial charge is 0.352 e. The van der Waals surface area contributed by atoms with Crippen LogP contribution in [0.15, 0.2) is 107 Å². The average molecular weight is 625 g/mol. The van der Waals surface area contributed by atoms with E-state index < -0.39 is 42.1 Å². The van der Waals surface area contributed by atoms with Crippen LogP contribution in [0.4, 0.5) is 5.13 Å². The minimum atomic E-state index is -1.32. The Kier molecular flexibility index (Phi) is 8.11. The summed E-state index contributed by atoms with van der Waals surface area (Å²) in [6.45, 7) is -0.480. The number of nitrogen functional groups attached to an aromatic ring is 1. The number of nitrogens with one attached hydrogen (secondary N) is 1. The fourth-order valence-electron chi connectivity index (χ4n) is 5.81. The molecule has 3 heterocycles. The summed E-state index contributed by atoms with van der Waals surface area (Å²) in [7, 11) is 0. The highest BCUT2D eigenvalue weighted by Gasteiger charge is 2.53. The number of benzene rings is 3. The lowest BCUT2D eigenvalue weighted by molar-refractivity contribution is -0.155. The standard InChI is InChI=1S/C32H28N6O6S/c33-31-35-27(37-45-31)25(28(40)34-24-23-17-16-19(18-39)26(30(42)43)38(23)29(24)41)36-44-32(20-10-4-1-5-11-20,21-12-6-2-7-13-21)22-14-8-3-9-15-22/h1-15,23-24,39H,16-18H2,(H,34,40)(H,42,43)(H2,33,35,37)/b36-25+/t23-,24?/m1/s1. The van der Waals surface area contributed by atoms with Gasteiger partial charge in [0.25, 0.3) is 11.8 Å². The van der Waals surface area contributed by atoms with E-state index in [1.54, 1.807) is 0 Å². The number of amides is 2. The number of β-lactam (4-membered cyclic amide) rings is 1. The van der Waals surface area contributed by atoms with E-state index in [1.807, 2.05) is 91.0 Å². The topological polar surface area (TPSA) is 180 Å². The quantitative estimate of drug-likeness (QED) is 0.0893. The van der Waals surface area contributed by atoms with Gasteiger partial charge in [0, 0.05) is 28.2 Å². The van der Waals surface area contributed by atoms with Crippen LogP contribution >= 0.6 is 11.5 Å². The zero-order valence-corrected chi connectivity index (χ0v) is 24.6. The molecule has 228 valence electrons. The van der Waals surface area contributed by atoms with Gasteiger partial charge in [-0.2, -0.15) is 9.36 Å². The number of carboxylic acid groups (broad SMARTS) is 1. The molecule has 5 N–H and O–H groups in total. The van der Waals surface area contributed by atoms with Crippen molar-refractivity contribution in [2.75, 3.05) is 12.3 Å². The zero-order valence-electron chi connectivity index (χ0n) is 23.7. The number of aliphatic carboxylic acids is 1. The van der Waals surface area contributed by atoms with Gasteiger partial charge in [-0.05, 0) is 18.4 Å². The van der Waals surface area contributed by atoms with Crippen molar-refractivity contribution in [2.24, 2.45) is 5.16 Å². The molecule has 2 amide bonds. The molecular formula is C32H28N6O6S. The second kappa shape index (κ2) is 12.3. The van der Waals surface area contributed by atoms with E-state index in [2.05, 4.69) is 19.8 Å². The Labute approximate surface area is 261 Å². The summed E-state index contributed by atoms with van der Waals surface area (Å²) in [6, 6.07) is 26.6. The highest BCUT2D eigenvalue weighted by molar-refractivity contribution is 7.09. The summed E-state index contributed by atoms with van der Waals surface area (Å²) in [4.78, 5) is 50.7. The van der Waals surface area contributed by atoms with E-state index in [9.17, 15) is 24.6 Å². The van der Waals surface area contributed by atoms with Crippen LogP contribution in [0.25, 0.3) is 0 Å². The molecule has 0 saturated carbocycles. The van der Waals surface area contributed by atoms with E-state index in [-0.39, 0.29) is 34.4 Å². The highest BCUT2D eigenvalue weighted by Crippen LogP contribution is 2.41. The second-order valence-corrected chi connectivity index (χ2v) is 11.2. The number of rotatable bonds is 10. The fraction of sp³-hybridized carbons (Fsp3) is 0.188. The first-order valence-electron chi connectivity index (χ1n) is 14.1. The number of aliphatic hydroxyl groups is 1. The van der Waals surface area contributed by atoms with E-state index in [4.69, 9.17) is 10.6 Å². The highest BCUT2D eigenvalue weighted by atomic mass is 32.1. The SMILES string of the molecule is Nc1nc(/C(=N\OC(c2ccccc2)(c2ccccc2)c2ccccc2)C(=O)NC2C(=O)N3C(C(=O)O)=C(CO)CC[C@H]23)ns1. The summed E-state index contributed by atoms with van der Waals surface area (Å²) in [6.07, 6.45) is 0.619. The van der Waals surface area contributed by atoms with E-state index in [0.29, 0.717) is 6.42 Å². The summed E-state index contributed by atoms with van der Waals surface area (Å²) < 4.78 is 4.19. The van der Waals surface area contributed by atoms with Gasteiger partial charge in [-0.3, -0.25) is 14.5 Å². The molecule has 0 aliphatic carbocycles. The van der Waals surface area contributed by atoms with Gasteiger partial charge in [0.1, 0.15) is 11.7 Å². The van der Waals surface area contributed by atoms with Crippen LogP contribution in [-0.2, 0) is 24.8 Å². The Balaban J connectivity index is 1.40. The molecule has 13 heteroatoms. The van der Waals surface area contributed by atoms with Gasteiger partial charge >= 0.3 is 5.97 Å². The number of nitrogens with two attached hydrogens (primary N) is 1. The molecule has 2 aliphatic heterocycles. The second-order valence-electron chi connectivity index (χ2n) is 10.4. The van der Waals surface area contributed by atoms with Crippen LogP contribution in [0.3, 0.4) is 0 Å². The molecular weight excluding hydrogens is 596 g/mol. The third kappa shape index (κ3) is 5.32. The van der Waals surface area contributed by atoms with Crippen molar-refractivity contribution in [2.45, 2.75) is 30.5 Å². The van der Waals surface area contributed by atoms with E-state index in [1.165, 1.54) is 0 Å². The molecule has 1 aromatic heterocycles. The molecule has 0 radical (unpaired) electrons. The van der Waals surface area contributed by atoms with Gasteiger partial charge in [0.15, 0.2) is 5.13 Å². The maximum absolute atomic E-state index is 13.9. The maximum atomic E-state index is 13.9. The molecule has 6 rings (SSSR count). The van der Waals surface area contributed by atoms with Crippen molar-refractivity contribution in [1.82, 2.24) is 19.6 Å². The van der Waals surface area contributed by atoms with Crippen molar-refractivity contribution in [3.05, 3.63) is 125 Å². The molecule has 2 atom stereocenters. The number of aromatic nitrogens is 2. The van der Waals surface area contributed by atoms with Gasteiger partial charge in [-0.1, -0.05) is 96.2 Å². The number of oxime groups is 1. The van der Waals surface area contributed by atoms with Gasteiger partial charge in [0.05, 0.1) is 12.6 Å². The predicted octanol–water partition coefficient (Wildman–Crippen LogP) is 2.65. The normalized spacial score (nSPS) is 18.2.